The van der Waals surface area contributed by atoms with Crippen LogP contribution in [0.15, 0.2) is 53.5 Å². The summed E-state index contributed by atoms with van der Waals surface area (Å²) < 4.78 is 18.7. The van der Waals surface area contributed by atoms with Gasteiger partial charge in [-0.1, -0.05) is 30.3 Å². The van der Waals surface area contributed by atoms with Gasteiger partial charge in [0.05, 0.1) is 5.56 Å². The highest BCUT2D eigenvalue weighted by molar-refractivity contribution is 5.97. The first-order chi connectivity index (χ1) is 9.24. The SMILES string of the molecule is Oc1ccc(F)cc1C1=N[C@@H](c2ccccc2)CO1. The Hall–Kier alpha value is -2.36. The Morgan fingerprint density at radius 2 is 1.95 bits per heavy atom. The maximum absolute atomic E-state index is 13.2. The maximum atomic E-state index is 13.2. The molecule has 0 spiro atoms. The highest BCUT2D eigenvalue weighted by Gasteiger charge is 2.23. The first kappa shape index (κ1) is 11.7. The van der Waals surface area contributed by atoms with Gasteiger partial charge in [0.2, 0.25) is 5.90 Å². The van der Waals surface area contributed by atoms with Gasteiger partial charge in [-0.15, -0.1) is 0 Å². The number of benzene rings is 2. The molecule has 3 nitrogen and oxygen atoms in total. The van der Waals surface area contributed by atoms with Crippen molar-refractivity contribution >= 4 is 5.90 Å². The number of hydrogen-bond acceptors (Lipinski definition) is 3. The number of aliphatic imine (C=N–C) groups is 1. The quantitative estimate of drug-likeness (QED) is 0.898. The largest absolute Gasteiger partial charge is 0.507 e. The van der Waals surface area contributed by atoms with Crippen LogP contribution in [0.1, 0.15) is 17.2 Å². The molecular weight excluding hydrogens is 245 g/mol. The lowest BCUT2D eigenvalue weighted by molar-refractivity contribution is 0.318. The summed E-state index contributed by atoms with van der Waals surface area (Å²) in [5.74, 6) is -0.179. The first-order valence-electron chi connectivity index (χ1n) is 5.98. The van der Waals surface area contributed by atoms with Crippen LogP contribution >= 0.6 is 0 Å². The van der Waals surface area contributed by atoms with E-state index in [4.69, 9.17) is 4.74 Å². The predicted molar refractivity (Wildman–Crippen MR) is 69.7 cm³/mol. The average molecular weight is 257 g/mol. The van der Waals surface area contributed by atoms with Crippen LogP contribution in [-0.2, 0) is 4.74 Å². The second-order valence-corrected chi connectivity index (χ2v) is 4.33. The first-order valence-corrected chi connectivity index (χ1v) is 5.98. The molecule has 1 atom stereocenters. The number of nitrogens with zero attached hydrogens (tertiary/aromatic N) is 1. The zero-order valence-electron chi connectivity index (χ0n) is 10.1. The van der Waals surface area contributed by atoms with Crippen molar-refractivity contribution in [3.8, 4) is 5.75 Å². The molecule has 0 radical (unpaired) electrons. The highest BCUT2D eigenvalue weighted by Crippen LogP contribution is 2.28. The fourth-order valence-corrected chi connectivity index (χ4v) is 2.05. The summed E-state index contributed by atoms with van der Waals surface area (Å²) in [6, 6.07) is 13.3. The summed E-state index contributed by atoms with van der Waals surface area (Å²) >= 11 is 0. The van der Waals surface area contributed by atoms with Crippen LogP contribution in [0, 0.1) is 5.82 Å². The fourth-order valence-electron chi connectivity index (χ4n) is 2.05. The third-order valence-electron chi connectivity index (χ3n) is 3.02. The zero-order chi connectivity index (χ0) is 13.2. The fraction of sp³-hybridized carbons (Fsp3) is 0.133. The molecule has 0 saturated heterocycles. The molecule has 0 unspecified atom stereocenters. The molecule has 2 aromatic rings. The van der Waals surface area contributed by atoms with E-state index in [-0.39, 0.29) is 17.7 Å². The van der Waals surface area contributed by atoms with E-state index in [1.807, 2.05) is 30.3 Å². The zero-order valence-corrected chi connectivity index (χ0v) is 10.1. The van der Waals surface area contributed by atoms with Gasteiger partial charge < -0.3 is 9.84 Å². The summed E-state index contributed by atoms with van der Waals surface area (Å²) in [7, 11) is 0. The molecule has 0 fully saturated rings. The molecule has 3 rings (SSSR count). The number of halogens is 1. The Kier molecular flexibility index (Phi) is 2.91. The van der Waals surface area contributed by atoms with Crippen molar-refractivity contribution in [2.45, 2.75) is 6.04 Å². The minimum absolute atomic E-state index is 0.0335. The van der Waals surface area contributed by atoms with E-state index in [1.54, 1.807) is 0 Å². The number of aromatic hydroxyl groups is 1. The third kappa shape index (κ3) is 2.29. The normalized spacial score (nSPS) is 17.9. The third-order valence-corrected chi connectivity index (χ3v) is 3.02. The van der Waals surface area contributed by atoms with Crippen LogP contribution in [-0.4, -0.2) is 17.6 Å². The maximum Gasteiger partial charge on any atom is 0.220 e. The number of rotatable bonds is 2. The number of phenols is 1. The van der Waals surface area contributed by atoms with Crippen LogP contribution in [0.5, 0.6) is 5.75 Å². The van der Waals surface area contributed by atoms with Crippen LogP contribution in [0.4, 0.5) is 4.39 Å². The van der Waals surface area contributed by atoms with E-state index in [1.165, 1.54) is 18.2 Å². The standard InChI is InChI=1S/C15H12FNO2/c16-11-6-7-14(18)12(8-11)15-17-13(9-19-15)10-4-2-1-3-5-10/h1-8,13,18H,9H2/t13-/m1/s1. The molecule has 0 aromatic heterocycles. The molecule has 0 saturated carbocycles. The van der Waals surface area contributed by atoms with E-state index >= 15 is 0 Å². The minimum atomic E-state index is -0.428. The molecule has 0 amide bonds. The molecule has 1 N–H and O–H groups in total. The summed E-state index contributed by atoms with van der Waals surface area (Å²) in [6.07, 6.45) is 0. The Labute approximate surface area is 110 Å². The molecule has 2 aromatic carbocycles. The number of phenolic OH excluding ortho intramolecular Hbond substituents is 1. The molecule has 96 valence electrons. The van der Waals surface area contributed by atoms with Crippen LogP contribution < -0.4 is 0 Å². The van der Waals surface area contributed by atoms with Gasteiger partial charge >= 0.3 is 0 Å². The Morgan fingerprint density at radius 3 is 2.74 bits per heavy atom. The van der Waals surface area contributed by atoms with Gasteiger partial charge in [-0.3, -0.25) is 0 Å². The highest BCUT2D eigenvalue weighted by atomic mass is 19.1. The van der Waals surface area contributed by atoms with Crippen molar-refractivity contribution < 1.29 is 14.2 Å². The minimum Gasteiger partial charge on any atom is -0.507 e. The lowest BCUT2D eigenvalue weighted by Crippen LogP contribution is -2.02. The Bertz CT molecular complexity index is 625. The average Bonchev–Trinajstić information content (AvgIpc) is 2.92. The van der Waals surface area contributed by atoms with E-state index in [2.05, 4.69) is 4.99 Å². The van der Waals surface area contributed by atoms with Gasteiger partial charge in [-0.2, -0.15) is 0 Å². The van der Waals surface area contributed by atoms with E-state index < -0.39 is 5.82 Å². The molecule has 0 bridgehead atoms. The van der Waals surface area contributed by atoms with Crippen molar-refractivity contribution in [1.29, 1.82) is 0 Å². The lowest BCUT2D eigenvalue weighted by Gasteiger charge is -2.04. The van der Waals surface area contributed by atoms with Crippen LogP contribution in [0.2, 0.25) is 0 Å². The topological polar surface area (TPSA) is 41.8 Å². The Balaban J connectivity index is 1.93. The predicted octanol–water partition coefficient (Wildman–Crippen LogP) is 3.05. The number of hydrogen-bond donors (Lipinski definition) is 1. The summed E-state index contributed by atoms with van der Waals surface area (Å²) in [5.41, 5.74) is 1.33. The van der Waals surface area contributed by atoms with Crippen molar-refractivity contribution in [2.24, 2.45) is 4.99 Å². The second kappa shape index (κ2) is 4.72. The van der Waals surface area contributed by atoms with Crippen LogP contribution in [0.3, 0.4) is 0 Å². The molecule has 0 aliphatic carbocycles. The molecular formula is C15H12FNO2. The van der Waals surface area contributed by atoms with Crippen molar-refractivity contribution in [3.63, 3.8) is 0 Å². The summed E-state index contributed by atoms with van der Waals surface area (Å²) in [6.45, 7) is 0.398. The molecule has 1 aliphatic rings. The monoisotopic (exact) mass is 257 g/mol. The molecule has 19 heavy (non-hydrogen) atoms. The van der Waals surface area contributed by atoms with Gasteiger partial charge in [0.15, 0.2) is 0 Å². The van der Waals surface area contributed by atoms with E-state index in [0.717, 1.165) is 5.56 Å². The van der Waals surface area contributed by atoms with Gasteiger partial charge in [-0.05, 0) is 23.8 Å². The summed E-state index contributed by atoms with van der Waals surface area (Å²) in [5, 5.41) is 9.72. The van der Waals surface area contributed by atoms with E-state index in [9.17, 15) is 9.50 Å². The molecule has 1 heterocycles. The second-order valence-electron chi connectivity index (χ2n) is 4.33. The van der Waals surface area contributed by atoms with E-state index in [0.29, 0.717) is 12.2 Å². The van der Waals surface area contributed by atoms with Gasteiger partial charge in [0.1, 0.15) is 24.2 Å². The van der Waals surface area contributed by atoms with Gasteiger partial charge in [-0.25, -0.2) is 9.38 Å². The van der Waals surface area contributed by atoms with Crippen LogP contribution in [0.25, 0.3) is 0 Å². The van der Waals surface area contributed by atoms with Crippen molar-refractivity contribution in [2.75, 3.05) is 6.61 Å². The van der Waals surface area contributed by atoms with Crippen molar-refractivity contribution in [3.05, 3.63) is 65.5 Å². The number of ether oxygens (including phenoxy) is 1. The van der Waals surface area contributed by atoms with Crippen molar-refractivity contribution in [1.82, 2.24) is 0 Å². The smallest absolute Gasteiger partial charge is 0.220 e. The molecule has 4 heteroatoms. The lowest BCUT2D eigenvalue weighted by atomic mass is 10.1. The Morgan fingerprint density at radius 1 is 1.16 bits per heavy atom. The van der Waals surface area contributed by atoms with Gasteiger partial charge in [0, 0.05) is 0 Å². The summed E-state index contributed by atoms with van der Waals surface area (Å²) in [4.78, 5) is 4.40. The van der Waals surface area contributed by atoms with Gasteiger partial charge in [0.25, 0.3) is 0 Å². The molecule has 1 aliphatic heterocycles.